The number of nitrogen functional groups attached to an aromatic ring is 1. The summed E-state index contributed by atoms with van der Waals surface area (Å²) < 4.78 is 1.73. The average Bonchev–Trinajstić information content (AvgIpc) is 2.81. The molecule has 1 aromatic carbocycles. The largest absolute Gasteiger partial charge is 0.399 e. The number of nitrogens with two attached hydrogens (primary N) is 1. The van der Waals surface area contributed by atoms with E-state index >= 15 is 0 Å². The summed E-state index contributed by atoms with van der Waals surface area (Å²) in [6.07, 6.45) is 3.71. The summed E-state index contributed by atoms with van der Waals surface area (Å²) in [7, 11) is 0. The smallest absolute Gasteiger partial charge is 0.244 e. The van der Waals surface area contributed by atoms with Crippen LogP contribution in [-0.4, -0.2) is 33.7 Å². The number of amides is 1. The molecule has 0 unspecified atom stereocenters. The molecule has 1 heterocycles. The molecule has 2 rings (SSSR count). The molecule has 2 N–H and O–H groups in total. The molecule has 5 nitrogen and oxygen atoms in total. The van der Waals surface area contributed by atoms with Gasteiger partial charge in [-0.3, -0.25) is 9.48 Å². The van der Waals surface area contributed by atoms with Gasteiger partial charge in [-0.2, -0.15) is 5.10 Å². The van der Waals surface area contributed by atoms with Crippen LogP contribution in [-0.2, 0) is 11.3 Å². The Kier molecular flexibility index (Phi) is 4.61. The van der Waals surface area contributed by atoms with Crippen molar-refractivity contribution in [1.29, 1.82) is 0 Å². The lowest BCUT2D eigenvalue weighted by Gasteiger charge is -2.21. The minimum Gasteiger partial charge on any atom is -0.399 e. The van der Waals surface area contributed by atoms with Crippen LogP contribution in [0.5, 0.6) is 0 Å². The van der Waals surface area contributed by atoms with E-state index in [0.29, 0.717) is 5.69 Å². The molecular formula is C15H22N4O. The molecule has 108 valence electrons. The van der Waals surface area contributed by atoms with Crippen LogP contribution < -0.4 is 5.73 Å². The Hall–Kier alpha value is -2.04. The summed E-state index contributed by atoms with van der Waals surface area (Å²) in [5, 5.41) is 5.30. The van der Waals surface area contributed by atoms with Crippen LogP contribution in [0.15, 0.2) is 24.4 Å². The maximum Gasteiger partial charge on any atom is 0.244 e. The van der Waals surface area contributed by atoms with E-state index in [9.17, 15) is 4.79 Å². The molecule has 0 radical (unpaired) electrons. The van der Waals surface area contributed by atoms with E-state index in [0.717, 1.165) is 36.8 Å². The molecule has 0 bridgehead atoms. The van der Waals surface area contributed by atoms with Crippen molar-refractivity contribution >= 4 is 22.5 Å². The Bertz CT molecular complexity index is 585. The monoisotopic (exact) mass is 274 g/mol. The first kappa shape index (κ1) is 14.4. The fourth-order valence-electron chi connectivity index (χ4n) is 2.34. The predicted molar refractivity (Wildman–Crippen MR) is 81.3 cm³/mol. The summed E-state index contributed by atoms with van der Waals surface area (Å²) in [6.45, 7) is 6.04. The van der Waals surface area contributed by atoms with Gasteiger partial charge in [0.2, 0.25) is 5.91 Å². The van der Waals surface area contributed by atoms with Gasteiger partial charge in [0.1, 0.15) is 6.54 Å². The van der Waals surface area contributed by atoms with E-state index in [-0.39, 0.29) is 12.5 Å². The minimum absolute atomic E-state index is 0.112. The highest BCUT2D eigenvalue weighted by atomic mass is 16.2. The van der Waals surface area contributed by atoms with Gasteiger partial charge in [0.05, 0.1) is 11.7 Å². The molecule has 1 aromatic heterocycles. The van der Waals surface area contributed by atoms with E-state index in [1.165, 1.54) is 0 Å². The number of hydrogen-bond donors (Lipinski definition) is 1. The van der Waals surface area contributed by atoms with Gasteiger partial charge in [-0.15, -0.1) is 0 Å². The van der Waals surface area contributed by atoms with E-state index in [4.69, 9.17) is 5.73 Å². The van der Waals surface area contributed by atoms with Gasteiger partial charge in [-0.05, 0) is 31.0 Å². The van der Waals surface area contributed by atoms with Crippen LogP contribution in [0.3, 0.4) is 0 Å². The van der Waals surface area contributed by atoms with Crippen molar-refractivity contribution in [3.05, 3.63) is 24.4 Å². The van der Waals surface area contributed by atoms with Crippen molar-refractivity contribution in [3.8, 4) is 0 Å². The lowest BCUT2D eigenvalue weighted by molar-refractivity contribution is -0.132. The van der Waals surface area contributed by atoms with Crippen LogP contribution in [0.1, 0.15) is 26.7 Å². The molecule has 0 aliphatic carbocycles. The highest BCUT2D eigenvalue weighted by Gasteiger charge is 2.14. The van der Waals surface area contributed by atoms with E-state index in [1.54, 1.807) is 10.9 Å². The number of anilines is 1. The Morgan fingerprint density at radius 1 is 1.30 bits per heavy atom. The Morgan fingerprint density at radius 2 is 2.00 bits per heavy atom. The van der Waals surface area contributed by atoms with Crippen molar-refractivity contribution in [2.45, 2.75) is 33.2 Å². The number of carbonyl (C=O) groups excluding carboxylic acids is 1. The first-order valence-corrected chi connectivity index (χ1v) is 7.14. The Morgan fingerprint density at radius 3 is 2.65 bits per heavy atom. The quantitative estimate of drug-likeness (QED) is 0.822. The van der Waals surface area contributed by atoms with Gasteiger partial charge in [0.15, 0.2) is 0 Å². The van der Waals surface area contributed by atoms with Crippen LogP contribution in [0.4, 0.5) is 5.69 Å². The van der Waals surface area contributed by atoms with E-state index < -0.39 is 0 Å². The summed E-state index contributed by atoms with van der Waals surface area (Å²) in [6, 6.07) is 5.63. The van der Waals surface area contributed by atoms with E-state index in [1.807, 2.05) is 23.1 Å². The van der Waals surface area contributed by atoms with Crippen molar-refractivity contribution in [2.24, 2.45) is 0 Å². The Labute approximate surface area is 119 Å². The second kappa shape index (κ2) is 6.41. The molecular weight excluding hydrogens is 252 g/mol. The number of carbonyl (C=O) groups is 1. The molecule has 0 aliphatic rings. The fourth-order valence-corrected chi connectivity index (χ4v) is 2.34. The average molecular weight is 274 g/mol. The SMILES string of the molecule is CCCN(CCC)C(=O)Cn1ncc2ccc(N)cc21. The number of hydrogen-bond acceptors (Lipinski definition) is 3. The second-order valence-corrected chi connectivity index (χ2v) is 5.00. The molecule has 2 aromatic rings. The van der Waals surface area contributed by atoms with Gasteiger partial charge >= 0.3 is 0 Å². The third-order valence-electron chi connectivity index (χ3n) is 3.29. The number of rotatable bonds is 6. The first-order chi connectivity index (χ1) is 9.65. The van der Waals surface area contributed by atoms with Crippen LogP contribution >= 0.6 is 0 Å². The predicted octanol–water partition coefficient (Wildman–Crippen LogP) is 2.27. The van der Waals surface area contributed by atoms with Gasteiger partial charge in [0, 0.05) is 24.2 Å². The lowest BCUT2D eigenvalue weighted by atomic mass is 10.2. The summed E-state index contributed by atoms with van der Waals surface area (Å²) in [4.78, 5) is 14.3. The van der Waals surface area contributed by atoms with Gasteiger partial charge in [0.25, 0.3) is 0 Å². The second-order valence-electron chi connectivity index (χ2n) is 5.00. The summed E-state index contributed by atoms with van der Waals surface area (Å²) >= 11 is 0. The van der Waals surface area contributed by atoms with Crippen molar-refractivity contribution in [2.75, 3.05) is 18.8 Å². The third-order valence-corrected chi connectivity index (χ3v) is 3.29. The molecule has 20 heavy (non-hydrogen) atoms. The summed E-state index contributed by atoms with van der Waals surface area (Å²) in [5.74, 6) is 0.112. The first-order valence-electron chi connectivity index (χ1n) is 7.14. The zero-order chi connectivity index (χ0) is 14.5. The number of fused-ring (bicyclic) bond motifs is 1. The van der Waals surface area contributed by atoms with Crippen LogP contribution in [0, 0.1) is 0 Å². The summed E-state index contributed by atoms with van der Waals surface area (Å²) in [5.41, 5.74) is 7.40. The molecule has 0 saturated carbocycles. The molecule has 0 saturated heterocycles. The van der Waals surface area contributed by atoms with Crippen LogP contribution in [0.2, 0.25) is 0 Å². The Balaban J connectivity index is 2.18. The maximum absolute atomic E-state index is 12.4. The molecule has 5 heteroatoms. The molecule has 0 spiro atoms. The molecule has 0 atom stereocenters. The highest BCUT2D eigenvalue weighted by Crippen LogP contribution is 2.17. The minimum atomic E-state index is 0.112. The van der Waals surface area contributed by atoms with Gasteiger partial charge in [-0.1, -0.05) is 13.8 Å². The zero-order valence-electron chi connectivity index (χ0n) is 12.2. The molecule has 1 amide bonds. The third kappa shape index (κ3) is 3.10. The number of nitrogens with zero attached hydrogens (tertiary/aromatic N) is 3. The standard InChI is InChI=1S/C15H22N4O/c1-3-7-18(8-4-2)15(20)11-19-14-9-13(16)6-5-12(14)10-17-19/h5-6,9-10H,3-4,7-8,11,16H2,1-2H3. The maximum atomic E-state index is 12.4. The fraction of sp³-hybridized carbons (Fsp3) is 0.467. The zero-order valence-corrected chi connectivity index (χ0v) is 12.2. The number of aromatic nitrogens is 2. The van der Waals surface area contributed by atoms with Crippen molar-refractivity contribution in [1.82, 2.24) is 14.7 Å². The van der Waals surface area contributed by atoms with Crippen LogP contribution in [0.25, 0.3) is 10.9 Å². The normalized spacial score (nSPS) is 10.9. The van der Waals surface area contributed by atoms with Gasteiger partial charge < -0.3 is 10.6 Å². The van der Waals surface area contributed by atoms with Crippen molar-refractivity contribution in [3.63, 3.8) is 0 Å². The molecule has 0 aliphatic heterocycles. The molecule has 0 fully saturated rings. The number of benzene rings is 1. The topological polar surface area (TPSA) is 64.2 Å². The van der Waals surface area contributed by atoms with Crippen molar-refractivity contribution < 1.29 is 4.79 Å². The highest BCUT2D eigenvalue weighted by molar-refractivity contribution is 5.84. The van der Waals surface area contributed by atoms with E-state index in [2.05, 4.69) is 18.9 Å². The van der Waals surface area contributed by atoms with Gasteiger partial charge in [-0.25, -0.2) is 0 Å². The lowest BCUT2D eigenvalue weighted by Crippen LogP contribution is -2.35.